The van der Waals surface area contributed by atoms with Crippen LogP contribution in [0.15, 0.2) is 57.4 Å². The number of fused-ring (bicyclic) bond motifs is 3. The number of piperazine rings is 1. The van der Waals surface area contributed by atoms with Crippen molar-refractivity contribution in [1.82, 2.24) is 28.8 Å². The largest absolute Gasteiger partial charge is 0.304 e. The number of hydrogen-bond acceptors (Lipinski definition) is 8. The molecule has 2 aromatic heterocycles. The number of sulfonamides is 1. The van der Waals surface area contributed by atoms with Gasteiger partial charge in [0.05, 0.1) is 25.7 Å². The van der Waals surface area contributed by atoms with E-state index in [0.29, 0.717) is 42.0 Å². The molecule has 166 valence electrons. The van der Waals surface area contributed by atoms with E-state index in [4.69, 9.17) is 0 Å². The molecule has 32 heavy (non-hydrogen) atoms. The van der Waals surface area contributed by atoms with Gasteiger partial charge in [0.2, 0.25) is 15.8 Å². The van der Waals surface area contributed by atoms with E-state index in [0.717, 1.165) is 28.9 Å². The average molecular weight is 474 g/mol. The number of nitro benzene ring substituents is 1. The number of hydrogen-bond donors (Lipinski definition) is 1. The van der Waals surface area contributed by atoms with Crippen LogP contribution in [0.5, 0.6) is 0 Å². The number of likely N-dealkylation sites (N-methyl/N-ethyl adjacent to an activating group) is 1. The fraction of sp³-hybridized carbons (Fsp3) is 0.263. The molecule has 1 N–H and O–H groups in total. The fourth-order valence-corrected chi connectivity index (χ4v) is 6.05. The van der Waals surface area contributed by atoms with Crippen LogP contribution in [-0.2, 0) is 10.0 Å². The van der Waals surface area contributed by atoms with E-state index in [1.54, 1.807) is 4.40 Å². The Morgan fingerprint density at radius 3 is 2.62 bits per heavy atom. The zero-order valence-electron chi connectivity index (χ0n) is 17.0. The van der Waals surface area contributed by atoms with Crippen molar-refractivity contribution in [2.24, 2.45) is 0 Å². The molecule has 0 saturated carbocycles. The Kier molecular flexibility index (Phi) is 5.12. The molecule has 1 aliphatic heterocycles. The predicted molar refractivity (Wildman–Crippen MR) is 118 cm³/mol. The van der Waals surface area contributed by atoms with E-state index in [1.807, 2.05) is 36.2 Å². The fourth-order valence-electron chi connectivity index (χ4n) is 3.67. The highest BCUT2D eigenvalue weighted by Crippen LogP contribution is 2.37. The van der Waals surface area contributed by atoms with Crippen LogP contribution >= 0.6 is 11.8 Å². The first-order valence-electron chi connectivity index (χ1n) is 9.81. The molecule has 0 aliphatic carbocycles. The molecule has 1 fully saturated rings. The summed E-state index contributed by atoms with van der Waals surface area (Å²) in [4.78, 5) is 17.9. The quantitative estimate of drug-likeness (QED) is 0.345. The van der Waals surface area contributed by atoms with Gasteiger partial charge < -0.3 is 4.90 Å². The first-order valence-corrected chi connectivity index (χ1v) is 12.1. The summed E-state index contributed by atoms with van der Waals surface area (Å²) in [7, 11) is -1.89. The number of imidazole rings is 1. The molecule has 0 atom stereocenters. The summed E-state index contributed by atoms with van der Waals surface area (Å²) in [6.07, 6.45) is 0. The van der Waals surface area contributed by atoms with Gasteiger partial charge >= 0.3 is 0 Å². The molecule has 0 radical (unpaired) electrons. The van der Waals surface area contributed by atoms with Crippen LogP contribution in [0, 0.1) is 10.1 Å². The van der Waals surface area contributed by atoms with Gasteiger partial charge in [0.25, 0.3) is 5.69 Å². The van der Waals surface area contributed by atoms with Crippen molar-refractivity contribution in [2.45, 2.75) is 14.9 Å². The highest BCUT2D eigenvalue weighted by molar-refractivity contribution is 7.99. The zero-order chi connectivity index (χ0) is 22.5. The van der Waals surface area contributed by atoms with Crippen molar-refractivity contribution < 1.29 is 13.3 Å². The number of rotatable bonds is 5. The minimum atomic E-state index is -3.82. The molecule has 1 saturated heterocycles. The normalized spacial score (nSPS) is 16.2. The lowest BCUT2D eigenvalue weighted by Crippen LogP contribution is -2.47. The Morgan fingerprint density at radius 2 is 1.88 bits per heavy atom. The van der Waals surface area contributed by atoms with Crippen LogP contribution < -0.4 is 0 Å². The summed E-state index contributed by atoms with van der Waals surface area (Å²) in [5, 5.41) is 19.3. The van der Waals surface area contributed by atoms with E-state index in [-0.39, 0.29) is 10.6 Å². The number of nitro groups is 1. The lowest BCUT2D eigenvalue weighted by molar-refractivity contribution is -0.388. The first kappa shape index (κ1) is 20.9. The maximum Gasteiger partial charge on any atom is 0.284 e. The predicted octanol–water partition coefficient (Wildman–Crippen LogP) is 2.21. The third kappa shape index (κ3) is 3.52. The van der Waals surface area contributed by atoms with Crippen molar-refractivity contribution in [3.63, 3.8) is 0 Å². The number of aromatic nitrogens is 4. The molecule has 2 aromatic carbocycles. The van der Waals surface area contributed by atoms with Crippen LogP contribution in [0.4, 0.5) is 5.69 Å². The first-order chi connectivity index (χ1) is 15.3. The molecule has 11 nitrogen and oxygen atoms in total. The summed E-state index contributed by atoms with van der Waals surface area (Å²) in [5.74, 6) is 0.519. The zero-order valence-corrected chi connectivity index (χ0v) is 18.6. The maximum atomic E-state index is 13.0. The molecule has 0 unspecified atom stereocenters. The number of aromatic amines is 1. The van der Waals surface area contributed by atoms with E-state index < -0.39 is 14.9 Å². The molecule has 4 aromatic rings. The lowest BCUT2D eigenvalue weighted by atomic mass is 10.3. The van der Waals surface area contributed by atoms with Crippen LogP contribution in [0.1, 0.15) is 0 Å². The van der Waals surface area contributed by atoms with Gasteiger partial charge in [-0.15, -0.1) is 5.10 Å². The minimum Gasteiger partial charge on any atom is -0.304 e. The molecular weight excluding hydrogens is 454 g/mol. The van der Waals surface area contributed by atoms with Crippen molar-refractivity contribution in [1.29, 1.82) is 0 Å². The molecule has 1 aliphatic rings. The Morgan fingerprint density at radius 1 is 1.12 bits per heavy atom. The standard InChI is InChI=1S/C19H19N7O4S2/c1-23-8-10-24(11-9-23)32(29,30)13-6-7-17(16(12-13)26(27)28)31-19-22-21-18-20-14-4-2-3-5-15(14)25(18)19/h2-7,12H,8-11H2,1H3,(H,20,21). The monoisotopic (exact) mass is 473 g/mol. The number of nitrogens with zero attached hydrogens (tertiary/aromatic N) is 6. The van der Waals surface area contributed by atoms with Crippen molar-refractivity contribution in [3.8, 4) is 0 Å². The number of benzene rings is 2. The molecular formula is C19H19N7O4S2. The Labute approximate surface area is 187 Å². The van der Waals surface area contributed by atoms with E-state index in [2.05, 4.69) is 15.2 Å². The van der Waals surface area contributed by atoms with E-state index >= 15 is 0 Å². The minimum absolute atomic E-state index is 0.0849. The third-order valence-electron chi connectivity index (χ3n) is 5.43. The highest BCUT2D eigenvalue weighted by Gasteiger charge is 2.30. The van der Waals surface area contributed by atoms with Crippen LogP contribution in [0.25, 0.3) is 16.8 Å². The molecule has 0 bridgehead atoms. The molecule has 3 heterocycles. The third-order valence-corrected chi connectivity index (χ3v) is 8.35. The van der Waals surface area contributed by atoms with Gasteiger partial charge in [-0.1, -0.05) is 12.1 Å². The second-order valence-corrected chi connectivity index (χ2v) is 10.4. The average Bonchev–Trinajstić information content (AvgIpc) is 3.34. The summed E-state index contributed by atoms with van der Waals surface area (Å²) in [6, 6.07) is 11.5. The summed E-state index contributed by atoms with van der Waals surface area (Å²) < 4.78 is 29.2. The van der Waals surface area contributed by atoms with Gasteiger partial charge in [-0.2, -0.15) is 4.31 Å². The van der Waals surface area contributed by atoms with Gasteiger partial charge in [-0.25, -0.2) is 18.5 Å². The molecule has 13 heteroatoms. The van der Waals surface area contributed by atoms with Crippen LogP contribution in [0.3, 0.4) is 0 Å². The van der Waals surface area contributed by atoms with Gasteiger partial charge in [0.15, 0.2) is 5.16 Å². The van der Waals surface area contributed by atoms with E-state index in [9.17, 15) is 18.5 Å². The number of nitrogens with one attached hydrogen (secondary N) is 1. The van der Waals surface area contributed by atoms with Gasteiger partial charge in [0, 0.05) is 32.2 Å². The van der Waals surface area contributed by atoms with Crippen molar-refractivity contribution >= 4 is 44.3 Å². The van der Waals surface area contributed by atoms with Crippen LogP contribution in [-0.4, -0.2) is 75.4 Å². The second kappa shape index (κ2) is 7.85. The van der Waals surface area contributed by atoms with Crippen LogP contribution in [0.2, 0.25) is 0 Å². The Hall–Kier alpha value is -3.00. The Balaban J connectivity index is 1.52. The number of para-hydroxylation sites is 2. The maximum absolute atomic E-state index is 13.0. The smallest absolute Gasteiger partial charge is 0.284 e. The molecule has 5 rings (SSSR count). The van der Waals surface area contributed by atoms with Gasteiger partial charge in [0.1, 0.15) is 0 Å². The lowest BCUT2D eigenvalue weighted by Gasteiger charge is -2.31. The Bertz CT molecular complexity index is 1440. The topological polar surface area (TPSA) is 130 Å². The SMILES string of the molecule is CN1CCN(S(=O)(=O)c2ccc(Sc3n[nH]c4nc5ccccc5n34)c([N+](=O)[O-])c2)CC1. The van der Waals surface area contributed by atoms with Crippen molar-refractivity contribution in [3.05, 3.63) is 52.6 Å². The number of H-pyrrole nitrogens is 1. The van der Waals surface area contributed by atoms with Crippen molar-refractivity contribution in [2.75, 3.05) is 33.2 Å². The van der Waals surface area contributed by atoms with E-state index in [1.165, 1.54) is 16.4 Å². The second-order valence-electron chi connectivity index (χ2n) is 7.46. The van der Waals surface area contributed by atoms with Gasteiger partial charge in [-0.3, -0.25) is 14.5 Å². The molecule has 0 spiro atoms. The summed E-state index contributed by atoms with van der Waals surface area (Å²) in [6.45, 7) is 1.93. The molecule has 0 amide bonds. The highest BCUT2D eigenvalue weighted by atomic mass is 32.2. The van der Waals surface area contributed by atoms with Gasteiger partial charge in [-0.05, 0) is 43.1 Å². The summed E-state index contributed by atoms with van der Waals surface area (Å²) >= 11 is 1.08. The summed E-state index contributed by atoms with van der Waals surface area (Å²) in [5.41, 5.74) is 1.30.